The van der Waals surface area contributed by atoms with Gasteiger partial charge in [-0.15, -0.1) is 24.0 Å². The van der Waals surface area contributed by atoms with E-state index in [1.165, 1.54) is 10.6 Å². The van der Waals surface area contributed by atoms with Crippen LogP contribution in [0, 0.1) is 5.92 Å². The SMILES string of the molecule is CCNC(=NCC1CCN(S(C)(=O)=O)C1)N(C)Cc1cc(Cl)cn1C.I. The Morgan fingerprint density at radius 2 is 2.19 bits per heavy atom. The summed E-state index contributed by atoms with van der Waals surface area (Å²) in [5.74, 6) is 1.08. The van der Waals surface area contributed by atoms with Gasteiger partial charge in [0.15, 0.2) is 5.96 Å². The Kier molecular flexibility index (Phi) is 9.17. The number of rotatable bonds is 6. The number of aromatic nitrogens is 1. The van der Waals surface area contributed by atoms with E-state index in [2.05, 4.69) is 10.2 Å². The van der Waals surface area contributed by atoms with Gasteiger partial charge >= 0.3 is 0 Å². The molecule has 1 unspecified atom stereocenters. The van der Waals surface area contributed by atoms with Gasteiger partial charge in [0.05, 0.1) is 17.8 Å². The predicted octanol–water partition coefficient (Wildman–Crippen LogP) is 1.98. The van der Waals surface area contributed by atoms with Crippen molar-refractivity contribution >= 4 is 51.6 Å². The molecule has 1 aromatic rings. The highest BCUT2D eigenvalue weighted by atomic mass is 127. The summed E-state index contributed by atoms with van der Waals surface area (Å²) < 4.78 is 26.8. The van der Waals surface area contributed by atoms with E-state index in [1.54, 1.807) is 0 Å². The second-order valence-corrected chi connectivity index (χ2v) is 9.01. The minimum atomic E-state index is -3.10. The number of hydrogen-bond acceptors (Lipinski definition) is 3. The third-order valence-electron chi connectivity index (χ3n) is 4.39. The molecule has 0 aliphatic carbocycles. The lowest BCUT2D eigenvalue weighted by molar-refractivity contribution is 0.450. The maximum atomic E-state index is 11.6. The highest BCUT2D eigenvalue weighted by Gasteiger charge is 2.28. The van der Waals surface area contributed by atoms with Gasteiger partial charge in [-0.2, -0.15) is 0 Å². The van der Waals surface area contributed by atoms with Gasteiger partial charge in [0.25, 0.3) is 0 Å². The van der Waals surface area contributed by atoms with Crippen molar-refractivity contribution in [1.82, 2.24) is 19.1 Å². The molecule has 1 aromatic heterocycles. The largest absolute Gasteiger partial charge is 0.357 e. The molecule has 0 radical (unpaired) electrons. The van der Waals surface area contributed by atoms with Gasteiger partial charge in [-0.3, -0.25) is 4.99 Å². The second-order valence-electron chi connectivity index (χ2n) is 6.59. The molecule has 2 rings (SSSR count). The van der Waals surface area contributed by atoms with Crippen LogP contribution in [0.4, 0.5) is 0 Å². The first kappa shape index (κ1) is 23.5. The summed E-state index contributed by atoms with van der Waals surface area (Å²) in [4.78, 5) is 6.77. The molecular weight excluding hydrogens is 489 g/mol. The quantitative estimate of drug-likeness (QED) is 0.356. The predicted molar refractivity (Wildman–Crippen MR) is 118 cm³/mol. The zero-order valence-corrected chi connectivity index (χ0v) is 19.7. The van der Waals surface area contributed by atoms with E-state index in [1.807, 2.05) is 37.8 Å². The Labute approximate surface area is 178 Å². The first-order valence-electron chi connectivity index (χ1n) is 8.46. The molecule has 0 bridgehead atoms. The first-order valence-corrected chi connectivity index (χ1v) is 10.7. The van der Waals surface area contributed by atoms with Crippen LogP contribution >= 0.6 is 35.6 Å². The Balaban J connectivity index is 0.00000338. The monoisotopic (exact) mass is 517 g/mol. The molecule has 7 nitrogen and oxygen atoms in total. The molecule has 10 heteroatoms. The molecule has 0 spiro atoms. The van der Waals surface area contributed by atoms with Crippen LogP contribution in [0.5, 0.6) is 0 Å². The lowest BCUT2D eigenvalue weighted by Crippen LogP contribution is -2.39. The Bertz CT molecular complexity index is 722. The molecule has 26 heavy (non-hydrogen) atoms. The summed E-state index contributed by atoms with van der Waals surface area (Å²) in [6.07, 6.45) is 4.00. The molecule has 1 aliphatic heterocycles. The van der Waals surface area contributed by atoms with Crippen LogP contribution in [0.25, 0.3) is 0 Å². The zero-order valence-electron chi connectivity index (χ0n) is 15.8. The third-order valence-corrected chi connectivity index (χ3v) is 5.86. The van der Waals surface area contributed by atoms with Crippen molar-refractivity contribution in [2.45, 2.75) is 19.9 Å². The summed E-state index contributed by atoms with van der Waals surface area (Å²) >= 11 is 6.05. The highest BCUT2D eigenvalue weighted by molar-refractivity contribution is 14.0. The molecule has 1 saturated heterocycles. The molecule has 1 atom stereocenters. The molecule has 1 aliphatic rings. The van der Waals surface area contributed by atoms with Crippen molar-refractivity contribution in [3.05, 3.63) is 23.0 Å². The van der Waals surface area contributed by atoms with Crippen molar-refractivity contribution in [3.8, 4) is 0 Å². The maximum absolute atomic E-state index is 11.6. The van der Waals surface area contributed by atoms with Crippen LogP contribution in [0.2, 0.25) is 5.02 Å². The number of sulfonamides is 1. The fourth-order valence-corrected chi connectivity index (χ4v) is 4.16. The standard InChI is InChI=1S/C16H28ClN5O2S.HI/c1-5-18-16(21(3)12-15-8-14(17)11-20(15)2)19-9-13-6-7-22(10-13)25(4,23)24;/h8,11,13H,5-7,9-10,12H2,1-4H3,(H,18,19);1H. The van der Waals surface area contributed by atoms with Crippen LogP contribution < -0.4 is 5.32 Å². The summed E-state index contributed by atoms with van der Waals surface area (Å²) in [5.41, 5.74) is 1.10. The van der Waals surface area contributed by atoms with Crippen LogP contribution in [-0.2, 0) is 23.6 Å². The highest BCUT2D eigenvalue weighted by Crippen LogP contribution is 2.19. The van der Waals surface area contributed by atoms with E-state index >= 15 is 0 Å². The Morgan fingerprint density at radius 1 is 1.50 bits per heavy atom. The topological polar surface area (TPSA) is 69.9 Å². The van der Waals surface area contributed by atoms with Gasteiger partial charge in [0.2, 0.25) is 10.0 Å². The molecule has 1 fully saturated rings. The van der Waals surface area contributed by atoms with E-state index in [0.29, 0.717) is 26.2 Å². The van der Waals surface area contributed by atoms with E-state index in [4.69, 9.17) is 16.6 Å². The van der Waals surface area contributed by atoms with Crippen LogP contribution in [0.15, 0.2) is 17.3 Å². The lowest BCUT2D eigenvalue weighted by Gasteiger charge is -2.23. The number of halogens is 2. The van der Waals surface area contributed by atoms with Crippen LogP contribution in [0.3, 0.4) is 0 Å². The van der Waals surface area contributed by atoms with E-state index in [0.717, 1.165) is 29.6 Å². The van der Waals surface area contributed by atoms with E-state index in [-0.39, 0.29) is 29.9 Å². The number of hydrogen-bond donors (Lipinski definition) is 1. The summed E-state index contributed by atoms with van der Waals surface area (Å²) in [6.45, 7) is 5.26. The summed E-state index contributed by atoms with van der Waals surface area (Å²) in [5, 5.41) is 4.02. The summed E-state index contributed by atoms with van der Waals surface area (Å²) in [6, 6.07) is 1.95. The Hall–Kier alpha value is -0.520. The van der Waals surface area contributed by atoms with E-state index in [9.17, 15) is 8.42 Å². The smallest absolute Gasteiger partial charge is 0.211 e. The van der Waals surface area contributed by atoms with Crippen LogP contribution in [0.1, 0.15) is 19.0 Å². The number of aliphatic imine (C=N–C) groups is 1. The van der Waals surface area contributed by atoms with Gasteiger partial charge in [0, 0.05) is 52.2 Å². The Morgan fingerprint density at radius 3 is 2.69 bits per heavy atom. The number of nitrogens with one attached hydrogen (secondary N) is 1. The van der Waals surface area contributed by atoms with Crippen molar-refractivity contribution < 1.29 is 8.42 Å². The van der Waals surface area contributed by atoms with E-state index < -0.39 is 10.0 Å². The van der Waals surface area contributed by atoms with Crippen molar-refractivity contribution in [2.75, 3.05) is 39.5 Å². The molecule has 2 heterocycles. The zero-order chi connectivity index (χ0) is 18.6. The van der Waals surface area contributed by atoms with Gasteiger partial charge in [-0.05, 0) is 25.3 Å². The van der Waals surface area contributed by atoms with Gasteiger partial charge in [0.1, 0.15) is 0 Å². The first-order chi connectivity index (χ1) is 11.7. The van der Waals surface area contributed by atoms with Gasteiger partial charge in [-0.1, -0.05) is 11.6 Å². The fraction of sp³-hybridized carbons (Fsp3) is 0.688. The average molecular weight is 518 g/mol. The van der Waals surface area contributed by atoms with Gasteiger partial charge < -0.3 is 14.8 Å². The molecule has 0 amide bonds. The number of nitrogens with zero attached hydrogens (tertiary/aromatic N) is 4. The van der Waals surface area contributed by atoms with Crippen molar-refractivity contribution in [1.29, 1.82) is 0 Å². The second kappa shape index (κ2) is 10.1. The van der Waals surface area contributed by atoms with Crippen LogP contribution in [-0.4, -0.2) is 67.6 Å². The number of aryl methyl sites for hydroxylation is 1. The molecular formula is C16H29ClIN5O2S. The molecule has 0 saturated carbocycles. The minimum Gasteiger partial charge on any atom is -0.357 e. The van der Waals surface area contributed by atoms with Crippen molar-refractivity contribution in [2.24, 2.45) is 18.0 Å². The lowest BCUT2D eigenvalue weighted by atomic mass is 10.1. The molecule has 150 valence electrons. The van der Waals surface area contributed by atoms with Crippen molar-refractivity contribution in [3.63, 3.8) is 0 Å². The molecule has 1 N–H and O–H groups in total. The third kappa shape index (κ3) is 6.58. The fourth-order valence-electron chi connectivity index (χ4n) is 2.97. The maximum Gasteiger partial charge on any atom is 0.211 e. The molecule has 0 aromatic carbocycles. The van der Waals surface area contributed by atoms with Gasteiger partial charge in [-0.25, -0.2) is 12.7 Å². The minimum absolute atomic E-state index is 0. The number of guanidine groups is 1. The normalized spacial score (nSPS) is 18.7. The average Bonchev–Trinajstić information content (AvgIpc) is 3.10. The summed E-state index contributed by atoms with van der Waals surface area (Å²) in [7, 11) is 0.855.